The summed E-state index contributed by atoms with van der Waals surface area (Å²) in [6.45, 7) is 0.156. The van der Waals surface area contributed by atoms with Gasteiger partial charge in [-0.25, -0.2) is 9.13 Å². The number of amides is 3. The minimum Gasteiger partial charge on any atom is -0.481 e. The molecule has 0 aliphatic heterocycles. The third-order valence-corrected chi connectivity index (χ3v) is 7.53. The van der Waals surface area contributed by atoms with Crippen LogP contribution in [0, 0.1) is 0 Å². The van der Waals surface area contributed by atoms with Crippen molar-refractivity contribution in [2.75, 3.05) is 6.54 Å². The summed E-state index contributed by atoms with van der Waals surface area (Å²) in [5.74, 6) is -4.80. The van der Waals surface area contributed by atoms with Crippen LogP contribution in [0.4, 0.5) is 0 Å². The number of hydrogen-bond donors (Lipinski definition) is 11. The van der Waals surface area contributed by atoms with Gasteiger partial charge in [-0.15, -0.1) is 0 Å². The first-order valence-corrected chi connectivity index (χ1v) is 17.9. The van der Waals surface area contributed by atoms with Gasteiger partial charge in [0.05, 0.1) is 18.5 Å². The Balaban J connectivity index is 2.39. The number of phosphoric acid groups is 2. The number of phosphoric ester groups is 2. The summed E-state index contributed by atoms with van der Waals surface area (Å²) in [4.78, 5) is 103. The fourth-order valence-electron chi connectivity index (χ4n) is 4.35. The van der Waals surface area contributed by atoms with E-state index in [2.05, 4.69) is 30.0 Å². The molecule has 23 heteroatoms. The molecule has 0 aromatic heterocycles. The molecule has 3 amide bonds. The number of nitrogens with zero attached hydrogens (tertiary/aromatic N) is 1. The largest absolute Gasteiger partial charge is 0.524 e. The average molecular weight is 760 g/mol. The van der Waals surface area contributed by atoms with Crippen LogP contribution in [0.1, 0.15) is 30.4 Å². The van der Waals surface area contributed by atoms with E-state index < -0.39 is 69.9 Å². The van der Waals surface area contributed by atoms with E-state index >= 15 is 0 Å². The molecule has 0 bridgehead atoms. The van der Waals surface area contributed by atoms with Crippen molar-refractivity contribution >= 4 is 51.6 Å². The molecular formula is C28H39N7O14P2. The molecule has 0 fully saturated rings. The van der Waals surface area contributed by atoms with Crippen LogP contribution in [-0.4, -0.2) is 91.3 Å². The highest BCUT2D eigenvalue weighted by molar-refractivity contribution is 7.47. The Kier molecular flexibility index (Phi) is 16.2. The second-order valence-electron chi connectivity index (χ2n) is 10.9. The normalized spacial score (nSPS) is 13.7. The summed E-state index contributed by atoms with van der Waals surface area (Å²) in [6, 6.07) is 4.61. The summed E-state index contributed by atoms with van der Waals surface area (Å²) in [6.07, 6.45) is -0.449. The van der Waals surface area contributed by atoms with Crippen molar-refractivity contribution < 1.29 is 66.8 Å². The number of nitrogens with one attached hydrogen (secondary N) is 3. The molecule has 280 valence electrons. The van der Waals surface area contributed by atoms with Crippen LogP contribution in [0.5, 0.6) is 11.5 Å². The van der Waals surface area contributed by atoms with Crippen LogP contribution in [0.2, 0.25) is 0 Å². The quantitative estimate of drug-likeness (QED) is 0.0214. The lowest BCUT2D eigenvalue weighted by Gasteiger charge is -2.25. The molecule has 0 saturated heterocycles. The maximum atomic E-state index is 13.7. The number of benzene rings is 2. The molecule has 2 rings (SSSR count). The van der Waals surface area contributed by atoms with Gasteiger partial charge in [-0.2, -0.15) is 0 Å². The first kappa shape index (κ1) is 42.3. The Hall–Kier alpha value is -4.88. The lowest BCUT2D eigenvalue weighted by atomic mass is 10.0. The van der Waals surface area contributed by atoms with Crippen LogP contribution in [-0.2, 0) is 45.9 Å². The van der Waals surface area contributed by atoms with E-state index in [1.54, 1.807) is 0 Å². The highest BCUT2D eigenvalue weighted by Crippen LogP contribution is 2.38. The van der Waals surface area contributed by atoms with Gasteiger partial charge < -0.3 is 52.1 Å². The maximum absolute atomic E-state index is 13.7. The Bertz CT molecular complexity index is 1640. The van der Waals surface area contributed by atoms with Gasteiger partial charge in [-0.3, -0.25) is 43.7 Å². The monoisotopic (exact) mass is 759 g/mol. The molecule has 0 heterocycles. The van der Waals surface area contributed by atoms with E-state index in [0.29, 0.717) is 23.8 Å². The fourth-order valence-corrected chi connectivity index (χ4v) is 5.14. The van der Waals surface area contributed by atoms with Crippen molar-refractivity contribution in [1.29, 1.82) is 0 Å². The summed E-state index contributed by atoms with van der Waals surface area (Å²) >= 11 is 0. The Morgan fingerprint density at radius 3 is 1.59 bits per heavy atom. The summed E-state index contributed by atoms with van der Waals surface area (Å²) in [5, 5.41) is 16.4. The highest BCUT2D eigenvalue weighted by Gasteiger charge is 2.30. The Labute approximate surface area is 290 Å². The number of carboxylic acid groups (broad SMARTS) is 1. The zero-order valence-corrected chi connectivity index (χ0v) is 28.5. The van der Waals surface area contributed by atoms with Crippen LogP contribution >= 0.6 is 15.6 Å². The van der Waals surface area contributed by atoms with Crippen molar-refractivity contribution in [3.05, 3.63) is 59.7 Å². The lowest BCUT2D eigenvalue weighted by molar-refractivity contribution is -0.139. The zero-order valence-electron chi connectivity index (χ0n) is 26.7. The summed E-state index contributed by atoms with van der Waals surface area (Å²) < 4.78 is 31.4. The van der Waals surface area contributed by atoms with Gasteiger partial charge in [-0.1, -0.05) is 24.3 Å². The van der Waals surface area contributed by atoms with E-state index in [4.69, 9.17) is 41.9 Å². The number of nitrogens with two attached hydrogens (primary N) is 3. The molecule has 2 aromatic carbocycles. The number of aliphatic carboxylic acids is 1. The van der Waals surface area contributed by atoms with Crippen molar-refractivity contribution in [1.82, 2.24) is 16.0 Å². The SMILES string of the molecule is NC(N)=NCCC[C@@H](C=O)NC(=O)[C@H](Cc1ccc(OP(=O)(O)O)cc1)NC(=O)[C@H](Cc1ccc(OP(=O)(O)O)cc1)NC(=O)[C@@H](N)CC(=O)O. The van der Waals surface area contributed by atoms with Crippen molar-refractivity contribution in [3.63, 3.8) is 0 Å². The van der Waals surface area contributed by atoms with Gasteiger partial charge in [-0.05, 0) is 48.2 Å². The zero-order chi connectivity index (χ0) is 38.4. The predicted octanol–water partition coefficient (Wildman–Crippen LogP) is -2.08. The number of guanidine groups is 1. The second-order valence-corrected chi connectivity index (χ2v) is 13.2. The average Bonchev–Trinajstić information content (AvgIpc) is 3.01. The topological polar surface area (TPSA) is 366 Å². The molecule has 0 saturated carbocycles. The van der Waals surface area contributed by atoms with Crippen molar-refractivity contribution in [2.24, 2.45) is 22.2 Å². The molecule has 0 spiro atoms. The van der Waals surface area contributed by atoms with Gasteiger partial charge >= 0.3 is 21.6 Å². The van der Waals surface area contributed by atoms with E-state index in [1.165, 1.54) is 48.5 Å². The Morgan fingerprint density at radius 1 is 0.765 bits per heavy atom. The molecule has 4 atom stereocenters. The van der Waals surface area contributed by atoms with Gasteiger partial charge in [0.2, 0.25) is 17.7 Å². The maximum Gasteiger partial charge on any atom is 0.524 e. The third-order valence-electron chi connectivity index (χ3n) is 6.63. The number of aliphatic imine (C=N–C) groups is 1. The van der Waals surface area contributed by atoms with Gasteiger partial charge in [0, 0.05) is 19.4 Å². The molecule has 51 heavy (non-hydrogen) atoms. The number of rotatable bonds is 21. The smallest absolute Gasteiger partial charge is 0.481 e. The third kappa shape index (κ3) is 17.1. The van der Waals surface area contributed by atoms with Crippen LogP contribution in [0.25, 0.3) is 0 Å². The predicted molar refractivity (Wildman–Crippen MR) is 178 cm³/mol. The van der Waals surface area contributed by atoms with E-state index in [9.17, 15) is 33.1 Å². The van der Waals surface area contributed by atoms with Crippen LogP contribution in [0.15, 0.2) is 53.5 Å². The lowest BCUT2D eigenvalue weighted by Crippen LogP contribution is -2.57. The molecule has 0 radical (unpaired) electrons. The van der Waals surface area contributed by atoms with Gasteiger partial charge in [0.15, 0.2) is 5.96 Å². The second kappa shape index (κ2) is 19.5. The van der Waals surface area contributed by atoms with Crippen molar-refractivity contribution in [3.8, 4) is 11.5 Å². The van der Waals surface area contributed by atoms with Crippen LogP contribution in [0.3, 0.4) is 0 Å². The first-order valence-electron chi connectivity index (χ1n) is 14.8. The number of carbonyl (C=O) groups is 5. The standard InChI is InChI=1S/C28H39N7O14P2/c29-21(14-24(37)38)25(39)34-23(13-17-5-9-20(10-6-17)49-51(45,46)47)27(41)35-22(12-16-3-7-19(8-4-16)48-50(42,43)44)26(40)33-18(15-36)2-1-11-32-28(30)31/h3-10,15,18,21-23H,1-2,11-14,29H2,(H,33,40)(H,34,39)(H,35,41)(H,37,38)(H4,30,31,32)(H2,42,43,44)(H2,45,46,47)/t18-,21-,22-,23-/m0/s1. The molecule has 2 aromatic rings. The van der Waals surface area contributed by atoms with Crippen molar-refractivity contribution in [2.45, 2.75) is 56.3 Å². The number of carboxylic acids is 1. The van der Waals surface area contributed by atoms with E-state index in [0.717, 1.165) is 0 Å². The van der Waals surface area contributed by atoms with Gasteiger partial charge in [0.1, 0.15) is 29.9 Å². The fraction of sp³-hybridized carbons (Fsp3) is 0.357. The number of aldehydes is 1. The molecular weight excluding hydrogens is 720 g/mol. The summed E-state index contributed by atoms with van der Waals surface area (Å²) in [5.41, 5.74) is 17.0. The van der Waals surface area contributed by atoms with E-state index in [-0.39, 0.29) is 43.3 Å². The molecule has 14 N–H and O–H groups in total. The molecule has 0 unspecified atom stereocenters. The minimum absolute atomic E-state index is 0.114. The molecule has 0 aliphatic rings. The highest BCUT2D eigenvalue weighted by atomic mass is 31.2. The van der Waals surface area contributed by atoms with E-state index in [1.807, 2.05) is 0 Å². The van der Waals surface area contributed by atoms with Gasteiger partial charge in [0.25, 0.3) is 0 Å². The molecule has 21 nitrogen and oxygen atoms in total. The summed E-state index contributed by atoms with van der Waals surface area (Å²) in [7, 11) is -9.75. The minimum atomic E-state index is -4.88. The van der Waals surface area contributed by atoms with Crippen LogP contribution < -0.4 is 42.2 Å². The first-order chi connectivity index (χ1) is 23.7. The molecule has 0 aliphatic carbocycles. The number of hydrogen-bond acceptors (Lipinski definition) is 11. The Morgan fingerprint density at radius 2 is 1.20 bits per heavy atom. The number of carbonyl (C=O) groups excluding carboxylic acids is 4.